The molecule has 0 unspecified atom stereocenters. The molecule has 36 heavy (non-hydrogen) atoms. The molecule has 1 fully saturated rings. The van der Waals surface area contributed by atoms with Crippen molar-refractivity contribution < 1.29 is 14.3 Å². The Labute approximate surface area is 215 Å². The summed E-state index contributed by atoms with van der Waals surface area (Å²) in [5, 5.41) is 8.70. The average molecular weight is 497 g/mol. The summed E-state index contributed by atoms with van der Waals surface area (Å²) < 4.78 is 11.7. The molecule has 1 saturated heterocycles. The van der Waals surface area contributed by atoms with E-state index in [1.807, 2.05) is 54.6 Å². The predicted molar refractivity (Wildman–Crippen MR) is 148 cm³/mol. The van der Waals surface area contributed by atoms with E-state index in [0.29, 0.717) is 23.0 Å². The highest BCUT2D eigenvalue weighted by atomic mass is 32.2. The van der Waals surface area contributed by atoms with Gasteiger partial charge < -0.3 is 20.1 Å². The minimum absolute atomic E-state index is 0.0991. The maximum absolute atomic E-state index is 12.6. The standard InChI is InChI=1S/C30H28N2O3S/c1-3-20-11-14-24(15-12-20)31-30-32-29(33)28(36-30)18-21-13-16-26(27(17-21)34-2)35-19-23-9-6-8-22-7-4-5-10-25(22)23/h4-18,30-31H,3,19H2,1-2H3,(H,32,33)/b28-18-/t30-/m0/s1. The highest BCUT2D eigenvalue weighted by molar-refractivity contribution is 8.05. The van der Waals surface area contributed by atoms with Gasteiger partial charge in [0, 0.05) is 5.69 Å². The predicted octanol–water partition coefficient (Wildman–Crippen LogP) is 6.59. The van der Waals surface area contributed by atoms with Crippen LogP contribution >= 0.6 is 11.8 Å². The summed E-state index contributed by atoms with van der Waals surface area (Å²) in [5.74, 6) is 1.18. The molecule has 0 aliphatic carbocycles. The lowest BCUT2D eigenvalue weighted by Crippen LogP contribution is -2.30. The van der Waals surface area contributed by atoms with Gasteiger partial charge in [-0.05, 0) is 64.2 Å². The van der Waals surface area contributed by atoms with Crippen molar-refractivity contribution in [2.75, 3.05) is 12.4 Å². The number of hydrogen-bond donors (Lipinski definition) is 2. The summed E-state index contributed by atoms with van der Waals surface area (Å²) in [5.41, 5.74) is 4.02. The van der Waals surface area contributed by atoms with Gasteiger partial charge in [0.15, 0.2) is 17.0 Å². The van der Waals surface area contributed by atoms with Gasteiger partial charge in [0.25, 0.3) is 5.91 Å². The van der Waals surface area contributed by atoms with Crippen LogP contribution in [-0.4, -0.2) is 18.5 Å². The van der Waals surface area contributed by atoms with Gasteiger partial charge in [-0.2, -0.15) is 0 Å². The number of carbonyl (C=O) groups is 1. The van der Waals surface area contributed by atoms with Gasteiger partial charge in [-0.1, -0.05) is 79.3 Å². The van der Waals surface area contributed by atoms with Gasteiger partial charge in [0.1, 0.15) is 6.61 Å². The van der Waals surface area contributed by atoms with E-state index < -0.39 is 0 Å². The molecule has 2 N–H and O–H groups in total. The second-order valence-electron chi connectivity index (χ2n) is 8.51. The number of rotatable bonds is 8. The Morgan fingerprint density at radius 1 is 0.972 bits per heavy atom. The zero-order valence-electron chi connectivity index (χ0n) is 20.3. The maximum atomic E-state index is 12.6. The number of aryl methyl sites for hydroxylation is 1. The summed E-state index contributed by atoms with van der Waals surface area (Å²) >= 11 is 1.46. The van der Waals surface area contributed by atoms with E-state index in [-0.39, 0.29) is 11.4 Å². The molecule has 4 aromatic carbocycles. The van der Waals surface area contributed by atoms with E-state index in [1.165, 1.54) is 28.1 Å². The van der Waals surface area contributed by atoms with Gasteiger partial charge in [-0.3, -0.25) is 4.79 Å². The van der Waals surface area contributed by atoms with Crippen LogP contribution in [0.4, 0.5) is 5.69 Å². The van der Waals surface area contributed by atoms with Crippen LogP contribution in [-0.2, 0) is 17.8 Å². The highest BCUT2D eigenvalue weighted by Gasteiger charge is 2.27. The average Bonchev–Trinajstić information content (AvgIpc) is 3.26. The van der Waals surface area contributed by atoms with Crippen molar-refractivity contribution in [1.29, 1.82) is 0 Å². The van der Waals surface area contributed by atoms with Gasteiger partial charge >= 0.3 is 0 Å². The molecule has 182 valence electrons. The van der Waals surface area contributed by atoms with E-state index in [2.05, 4.69) is 54.0 Å². The Balaban J connectivity index is 1.27. The number of fused-ring (bicyclic) bond motifs is 1. The zero-order valence-corrected chi connectivity index (χ0v) is 21.1. The Bertz CT molecular complexity index is 1410. The number of ether oxygens (including phenoxy) is 2. The third-order valence-electron chi connectivity index (χ3n) is 6.14. The molecule has 0 radical (unpaired) electrons. The van der Waals surface area contributed by atoms with Crippen molar-refractivity contribution in [3.8, 4) is 11.5 Å². The molecule has 1 aliphatic heterocycles. The van der Waals surface area contributed by atoms with Crippen molar-refractivity contribution in [1.82, 2.24) is 5.32 Å². The molecule has 4 aromatic rings. The number of hydrogen-bond acceptors (Lipinski definition) is 5. The van der Waals surface area contributed by atoms with Gasteiger partial charge in [0.2, 0.25) is 0 Å². The molecule has 5 rings (SSSR count). The summed E-state index contributed by atoms with van der Waals surface area (Å²) in [6.45, 7) is 2.56. The summed E-state index contributed by atoms with van der Waals surface area (Å²) in [4.78, 5) is 13.2. The third kappa shape index (κ3) is 5.34. The number of carbonyl (C=O) groups excluding carboxylic acids is 1. The number of thioether (sulfide) groups is 1. The largest absolute Gasteiger partial charge is 0.493 e. The van der Waals surface area contributed by atoms with Crippen LogP contribution in [0.1, 0.15) is 23.6 Å². The minimum atomic E-state index is -0.221. The lowest BCUT2D eigenvalue weighted by Gasteiger charge is -2.13. The maximum Gasteiger partial charge on any atom is 0.260 e. The molecule has 5 nitrogen and oxygen atoms in total. The molecule has 6 heteroatoms. The summed E-state index contributed by atoms with van der Waals surface area (Å²) in [6, 6.07) is 28.5. The normalized spacial score (nSPS) is 16.2. The smallest absolute Gasteiger partial charge is 0.260 e. The van der Waals surface area contributed by atoms with Gasteiger partial charge in [-0.25, -0.2) is 0 Å². The third-order valence-corrected chi connectivity index (χ3v) is 7.17. The highest BCUT2D eigenvalue weighted by Crippen LogP contribution is 2.34. The van der Waals surface area contributed by atoms with Gasteiger partial charge in [0.05, 0.1) is 12.0 Å². The Hall–Kier alpha value is -3.90. The fourth-order valence-corrected chi connectivity index (χ4v) is 5.16. The quantitative estimate of drug-likeness (QED) is 0.270. The minimum Gasteiger partial charge on any atom is -0.493 e. The first-order valence-electron chi connectivity index (χ1n) is 11.9. The van der Waals surface area contributed by atoms with Crippen LogP contribution in [0.25, 0.3) is 16.8 Å². The summed E-state index contributed by atoms with van der Waals surface area (Å²) in [6.07, 6.45) is 2.87. The Morgan fingerprint density at radius 3 is 2.58 bits per heavy atom. The zero-order chi connectivity index (χ0) is 24.9. The molecule has 0 spiro atoms. The van der Waals surface area contributed by atoms with Crippen LogP contribution in [0.3, 0.4) is 0 Å². The second kappa shape index (κ2) is 10.8. The first-order valence-corrected chi connectivity index (χ1v) is 12.8. The van der Waals surface area contributed by atoms with Crippen LogP contribution in [0.15, 0.2) is 89.8 Å². The van der Waals surface area contributed by atoms with E-state index in [1.54, 1.807) is 7.11 Å². The number of amides is 1. The van der Waals surface area contributed by atoms with E-state index in [4.69, 9.17) is 9.47 Å². The van der Waals surface area contributed by atoms with Crippen LogP contribution in [0.2, 0.25) is 0 Å². The lowest BCUT2D eigenvalue weighted by molar-refractivity contribution is -0.116. The number of anilines is 1. The number of methoxy groups -OCH3 is 1. The molecule has 1 aliphatic rings. The first-order chi connectivity index (χ1) is 17.6. The van der Waals surface area contributed by atoms with Crippen LogP contribution in [0.5, 0.6) is 11.5 Å². The first kappa shape index (κ1) is 23.8. The van der Waals surface area contributed by atoms with Gasteiger partial charge in [-0.15, -0.1) is 0 Å². The topological polar surface area (TPSA) is 59.6 Å². The molecule has 0 aromatic heterocycles. The van der Waals surface area contributed by atoms with Crippen molar-refractivity contribution in [2.24, 2.45) is 0 Å². The van der Waals surface area contributed by atoms with Crippen molar-refractivity contribution in [3.63, 3.8) is 0 Å². The lowest BCUT2D eigenvalue weighted by atomic mass is 10.1. The van der Waals surface area contributed by atoms with Crippen molar-refractivity contribution in [3.05, 3.63) is 107 Å². The van der Waals surface area contributed by atoms with Crippen LogP contribution in [0, 0.1) is 0 Å². The number of nitrogens with one attached hydrogen (secondary N) is 2. The molecule has 1 amide bonds. The number of benzene rings is 4. The van der Waals surface area contributed by atoms with Crippen LogP contribution < -0.4 is 20.1 Å². The molecule has 0 saturated carbocycles. The molecule has 1 heterocycles. The molecular formula is C30H28N2O3S. The fourth-order valence-electron chi connectivity index (χ4n) is 4.17. The molecule has 1 atom stereocenters. The van der Waals surface area contributed by atoms with E-state index in [0.717, 1.165) is 23.2 Å². The fraction of sp³-hybridized carbons (Fsp3) is 0.167. The summed E-state index contributed by atoms with van der Waals surface area (Å²) in [7, 11) is 1.62. The second-order valence-corrected chi connectivity index (χ2v) is 9.66. The van der Waals surface area contributed by atoms with Crippen molar-refractivity contribution >= 4 is 40.2 Å². The monoisotopic (exact) mass is 496 g/mol. The molecule has 0 bridgehead atoms. The Kier molecular flexibility index (Phi) is 7.14. The Morgan fingerprint density at radius 2 is 1.78 bits per heavy atom. The van der Waals surface area contributed by atoms with E-state index >= 15 is 0 Å². The van der Waals surface area contributed by atoms with Crippen molar-refractivity contribution in [2.45, 2.75) is 25.4 Å². The SMILES string of the molecule is CCc1ccc(N[C@H]2NC(=O)/C(=C/c3ccc(OCc4cccc5ccccc45)c(OC)c3)S2)cc1. The molecular weight excluding hydrogens is 468 g/mol. The van der Waals surface area contributed by atoms with E-state index in [9.17, 15) is 4.79 Å².